The van der Waals surface area contributed by atoms with Crippen LogP contribution in [0.3, 0.4) is 0 Å². The number of hydrogen-bond acceptors (Lipinski definition) is 6. The number of piperazine rings is 1. The first-order valence-corrected chi connectivity index (χ1v) is 13.2. The summed E-state index contributed by atoms with van der Waals surface area (Å²) >= 11 is 0. The molecule has 3 atom stereocenters. The number of carbonyl (C=O) groups excluding carboxylic acids is 1. The van der Waals surface area contributed by atoms with E-state index in [0.29, 0.717) is 23.6 Å². The summed E-state index contributed by atoms with van der Waals surface area (Å²) in [6.07, 6.45) is 11.2. The summed E-state index contributed by atoms with van der Waals surface area (Å²) in [6.45, 7) is 4.04. The smallest absolute Gasteiger partial charge is 0.362 e. The lowest BCUT2D eigenvalue weighted by molar-refractivity contribution is -0.0512. The standard InChI is InChI=1S/C27H38N4O3/c1-3-34-27(33)25-26(32)31(24-14-10-9-13-23(24)28-25)20-15-21-17-29(2)18-22(16-20)30(21)19-11-7-5-4-6-8-12-19/h9-10,13-14,19-22H,3-8,11-12,15-18H2,1-2H3/t20?,21-,22+. The Bertz CT molecular complexity index is 1060. The third-order valence-corrected chi connectivity index (χ3v) is 8.10. The van der Waals surface area contributed by atoms with Crippen molar-refractivity contribution in [3.63, 3.8) is 0 Å². The van der Waals surface area contributed by atoms with E-state index in [4.69, 9.17) is 4.74 Å². The molecule has 0 N–H and O–H groups in total. The number of nitrogens with zero attached hydrogens (tertiary/aromatic N) is 4. The molecule has 184 valence electrons. The van der Waals surface area contributed by atoms with Gasteiger partial charge in [-0.1, -0.05) is 44.2 Å². The van der Waals surface area contributed by atoms with Crippen LogP contribution >= 0.6 is 0 Å². The normalized spacial score (nSPS) is 27.3. The molecule has 0 spiro atoms. The minimum absolute atomic E-state index is 0.0575. The van der Waals surface area contributed by atoms with Crippen molar-refractivity contribution >= 4 is 17.0 Å². The van der Waals surface area contributed by atoms with Gasteiger partial charge in [0.1, 0.15) is 0 Å². The Balaban J connectivity index is 1.51. The molecule has 2 aromatic rings. The van der Waals surface area contributed by atoms with Crippen LogP contribution < -0.4 is 5.56 Å². The van der Waals surface area contributed by atoms with E-state index in [0.717, 1.165) is 31.4 Å². The summed E-state index contributed by atoms with van der Waals surface area (Å²) in [5, 5.41) is 0. The van der Waals surface area contributed by atoms with Crippen molar-refractivity contribution in [2.75, 3.05) is 26.7 Å². The zero-order valence-electron chi connectivity index (χ0n) is 20.6. The molecule has 34 heavy (non-hydrogen) atoms. The Morgan fingerprint density at radius 2 is 1.62 bits per heavy atom. The van der Waals surface area contributed by atoms with Crippen molar-refractivity contribution in [1.82, 2.24) is 19.4 Å². The van der Waals surface area contributed by atoms with E-state index >= 15 is 0 Å². The highest BCUT2D eigenvalue weighted by Crippen LogP contribution is 2.39. The number of likely N-dealkylation sites (tertiary alicyclic amines) is 1. The van der Waals surface area contributed by atoms with Crippen LogP contribution in [-0.4, -0.2) is 70.2 Å². The first kappa shape index (κ1) is 23.5. The van der Waals surface area contributed by atoms with Crippen molar-refractivity contribution in [3.05, 3.63) is 40.3 Å². The first-order chi connectivity index (χ1) is 16.6. The van der Waals surface area contributed by atoms with E-state index in [1.165, 1.54) is 44.9 Å². The second-order valence-electron chi connectivity index (χ2n) is 10.4. The molecule has 1 aliphatic carbocycles. The number of piperidine rings is 1. The van der Waals surface area contributed by atoms with Crippen molar-refractivity contribution in [1.29, 1.82) is 0 Å². The fourth-order valence-corrected chi connectivity index (χ4v) is 6.79. The predicted molar refractivity (Wildman–Crippen MR) is 133 cm³/mol. The molecule has 2 bridgehead atoms. The lowest BCUT2D eigenvalue weighted by Crippen LogP contribution is -2.64. The molecule has 0 radical (unpaired) electrons. The highest BCUT2D eigenvalue weighted by Gasteiger charge is 2.44. The van der Waals surface area contributed by atoms with Crippen molar-refractivity contribution in [3.8, 4) is 0 Å². The number of esters is 1. The minimum Gasteiger partial charge on any atom is -0.461 e. The summed E-state index contributed by atoms with van der Waals surface area (Å²) in [7, 11) is 2.22. The average molecular weight is 467 g/mol. The Labute approximate surface area is 202 Å². The molecule has 1 aromatic carbocycles. The number of likely N-dealkylation sites (N-methyl/N-ethyl adjacent to an activating group) is 1. The van der Waals surface area contributed by atoms with Gasteiger partial charge in [0.15, 0.2) is 0 Å². The van der Waals surface area contributed by atoms with E-state index in [-0.39, 0.29) is 23.9 Å². The lowest BCUT2D eigenvalue weighted by atomic mass is 9.83. The van der Waals surface area contributed by atoms with Gasteiger partial charge in [-0.2, -0.15) is 0 Å². The molecule has 1 aromatic heterocycles. The number of ether oxygens (including phenoxy) is 1. The average Bonchev–Trinajstić information content (AvgIpc) is 2.78. The molecule has 0 amide bonds. The molecule has 3 fully saturated rings. The third-order valence-electron chi connectivity index (χ3n) is 8.10. The summed E-state index contributed by atoms with van der Waals surface area (Å²) in [5.41, 5.74) is 1.09. The van der Waals surface area contributed by atoms with Crippen molar-refractivity contribution in [2.24, 2.45) is 0 Å². The van der Waals surface area contributed by atoms with Crippen LogP contribution in [0.2, 0.25) is 0 Å². The number of fused-ring (bicyclic) bond motifs is 3. The minimum atomic E-state index is -0.626. The zero-order valence-corrected chi connectivity index (χ0v) is 20.6. The molecule has 7 heteroatoms. The molecule has 1 saturated carbocycles. The predicted octanol–water partition coefficient (Wildman–Crippen LogP) is 4.01. The van der Waals surface area contributed by atoms with Gasteiger partial charge in [-0.05, 0) is 51.8 Å². The zero-order chi connectivity index (χ0) is 23.7. The molecule has 2 saturated heterocycles. The van der Waals surface area contributed by atoms with Crippen molar-refractivity contribution < 1.29 is 9.53 Å². The SMILES string of the molecule is CCOC(=O)c1nc2ccccc2n(C2C[C@@H]3CN(C)C[C@H](C2)N3C2CCCCCCC2)c1=O. The van der Waals surface area contributed by atoms with Crippen molar-refractivity contribution in [2.45, 2.75) is 88.9 Å². The van der Waals surface area contributed by atoms with Gasteiger partial charge in [-0.15, -0.1) is 0 Å². The number of carbonyl (C=O) groups is 1. The molecule has 2 aliphatic heterocycles. The maximum absolute atomic E-state index is 13.6. The molecule has 3 aliphatic rings. The largest absolute Gasteiger partial charge is 0.461 e. The van der Waals surface area contributed by atoms with E-state index < -0.39 is 5.97 Å². The van der Waals surface area contributed by atoms with E-state index in [1.54, 1.807) is 6.92 Å². The second-order valence-corrected chi connectivity index (χ2v) is 10.4. The molecular formula is C27H38N4O3. The van der Waals surface area contributed by atoms with E-state index in [1.807, 2.05) is 28.8 Å². The van der Waals surface area contributed by atoms with E-state index in [2.05, 4.69) is 21.8 Å². The summed E-state index contributed by atoms with van der Waals surface area (Å²) in [4.78, 5) is 35.9. The van der Waals surface area contributed by atoms with Crippen LogP contribution in [0.1, 0.15) is 81.2 Å². The third kappa shape index (κ3) is 4.52. The molecule has 1 unspecified atom stereocenters. The molecule has 3 heterocycles. The Kier molecular flexibility index (Phi) is 7.02. The fraction of sp³-hybridized carbons (Fsp3) is 0.667. The van der Waals surface area contributed by atoms with Crippen LogP contribution in [0, 0.1) is 0 Å². The summed E-state index contributed by atoms with van der Waals surface area (Å²) < 4.78 is 7.05. The fourth-order valence-electron chi connectivity index (χ4n) is 6.79. The van der Waals surface area contributed by atoms with Crippen LogP contribution in [0.25, 0.3) is 11.0 Å². The highest BCUT2D eigenvalue weighted by atomic mass is 16.5. The van der Waals surface area contributed by atoms with Crippen LogP contribution in [0.4, 0.5) is 0 Å². The summed E-state index contributed by atoms with van der Waals surface area (Å²) in [6, 6.07) is 9.26. The second kappa shape index (κ2) is 10.2. The first-order valence-electron chi connectivity index (χ1n) is 13.2. The number of rotatable bonds is 4. The quantitative estimate of drug-likeness (QED) is 0.635. The maximum Gasteiger partial charge on any atom is 0.362 e. The highest BCUT2D eigenvalue weighted by molar-refractivity contribution is 5.89. The van der Waals surface area contributed by atoms with Gasteiger partial charge in [0.05, 0.1) is 17.6 Å². The Morgan fingerprint density at radius 1 is 0.971 bits per heavy atom. The van der Waals surface area contributed by atoms with E-state index in [9.17, 15) is 9.59 Å². The maximum atomic E-state index is 13.6. The molecule has 7 nitrogen and oxygen atoms in total. The molecular weight excluding hydrogens is 428 g/mol. The molecule has 5 rings (SSSR count). The topological polar surface area (TPSA) is 67.7 Å². The number of benzene rings is 1. The Morgan fingerprint density at radius 3 is 2.29 bits per heavy atom. The van der Waals surface area contributed by atoms with Gasteiger partial charge in [0.2, 0.25) is 5.69 Å². The van der Waals surface area contributed by atoms with Gasteiger partial charge >= 0.3 is 5.97 Å². The number of hydrogen-bond donors (Lipinski definition) is 0. The van der Waals surface area contributed by atoms with Gasteiger partial charge in [0.25, 0.3) is 5.56 Å². The monoisotopic (exact) mass is 466 g/mol. The van der Waals surface area contributed by atoms with Gasteiger partial charge in [0, 0.05) is 37.3 Å². The van der Waals surface area contributed by atoms with Gasteiger partial charge in [-0.3, -0.25) is 9.69 Å². The van der Waals surface area contributed by atoms with Crippen LogP contribution in [-0.2, 0) is 4.74 Å². The van der Waals surface area contributed by atoms with Gasteiger partial charge < -0.3 is 14.2 Å². The van der Waals surface area contributed by atoms with Gasteiger partial charge in [-0.25, -0.2) is 9.78 Å². The van der Waals surface area contributed by atoms with Crippen LogP contribution in [0.15, 0.2) is 29.1 Å². The Hall–Kier alpha value is -2.25. The van der Waals surface area contributed by atoms with Crippen LogP contribution in [0.5, 0.6) is 0 Å². The summed E-state index contributed by atoms with van der Waals surface area (Å²) in [5.74, 6) is -0.626. The number of para-hydroxylation sites is 2. The number of aromatic nitrogens is 2. The lowest BCUT2D eigenvalue weighted by Gasteiger charge is -2.55.